The predicted molar refractivity (Wildman–Crippen MR) is 56.7 cm³/mol. The number of nitrogen functional groups attached to an aromatic ring is 1. The molecule has 0 aliphatic rings. The minimum absolute atomic E-state index is 0.382. The third-order valence-electron chi connectivity index (χ3n) is 1.81. The first-order valence-corrected chi connectivity index (χ1v) is 4.51. The Hall–Kier alpha value is -1.75. The normalized spacial score (nSPS) is 9.93. The molecule has 5 nitrogen and oxygen atoms in total. The zero-order valence-corrected chi connectivity index (χ0v) is 8.49. The van der Waals surface area contributed by atoms with Gasteiger partial charge in [0.2, 0.25) is 0 Å². The number of ether oxygens (including phenoxy) is 1. The fraction of sp³-hybridized carbons (Fsp3) is 0.300. The minimum atomic E-state index is -1.02. The summed E-state index contributed by atoms with van der Waals surface area (Å²) in [6, 6.07) is 5.29. The number of nitrogens with two attached hydrogens (primary N) is 1. The number of carboxylic acid groups (broad SMARTS) is 1. The summed E-state index contributed by atoms with van der Waals surface area (Å²) >= 11 is 0. The first-order valence-electron chi connectivity index (χ1n) is 4.51. The van der Waals surface area contributed by atoms with E-state index in [0.29, 0.717) is 18.0 Å². The highest BCUT2D eigenvalue weighted by Gasteiger charge is 2.04. The van der Waals surface area contributed by atoms with Crippen LogP contribution >= 0.6 is 0 Å². The van der Waals surface area contributed by atoms with Crippen LogP contribution in [0.1, 0.15) is 5.56 Å². The zero-order valence-electron chi connectivity index (χ0n) is 8.49. The van der Waals surface area contributed by atoms with Crippen molar-refractivity contribution in [2.24, 2.45) is 0 Å². The summed E-state index contributed by atoms with van der Waals surface area (Å²) in [5.41, 5.74) is 7.07. The minimum Gasteiger partial charge on any atom is -0.480 e. The first kappa shape index (κ1) is 11.3. The quantitative estimate of drug-likeness (QED) is 0.614. The predicted octanol–water partition coefficient (Wildman–Crippen LogP) is 0.452. The van der Waals surface area contributed by atoms with Gasteiger partial charge >= 0.3 is 5.97 Å². The van der Waals surface area contributed by atoms with Crippen molar-refractivity contribution < 1.29 is 14.6 Å². The largest absolute Gasteiger partial charge is 0.480 e. The van der Waals surface area contributed by atoms with Crippen LogP contribution in [-0.4, -0.2) is 24.7 Å². The zero-order chi connectivity index (χ0) is 11.3. The fourth-order valence-electron chi connectivity index (χ4n) is 1.16. The third kappa shape index (κ3) is 3.47. The van der Waals surface area contributed by atoms with Crippen LogP contribution in [0.15, 0.2) is 18.2 Å². The Morgan fingerprint density at radius 3 is 2.93 bits per heavy atom. The van der Waals surface area contributed by atoms with E-state index in [4.69, 9.17) is 15.6 Å². The molecule has 1 aromatic carbocycles. The highest BCUT2D eigenvalue weighted by atomic mass is 16.5. The van der Waals surface area contributed by atoms with Gasteiger partial charge < -0.3 is 20.9 Å². The van der Waals surface area contributed by atoms with Crippen LogP contribution in [0.5, 0.6) is 5.75 Å². The average molecular weight is 210 g/mol. The number of benzene rings is 1. The molecule has 0 saturated carbocycles. The van der Waals surface area contributed by atoms with Crippen LogP contribution in [-0.2, 0) is 11.3 Å². The van der Waals surface area contributed by atoms with Gasteiger partial charge in [0, 0.05) is 6.54 Å². The van der Waals surface area contributed by atoms with E-state index in [-0.39, 0.29) is 6.61 Å². The molecule has 4 N–H and O–H groups in total. The van der Waals surface area contributed by atoms with Crippen molar-refractivity contribution in [2.75, 3.05) is 19.4 Å². The first-order chi connectivity index (χ1) is 7.13. The lowest BCUT2D eigenvalue weighted by atomic mass is 10.2. The van der Waals surface area contributed by atoms with Crippen molar-refractivity contribution in [2.45, 2.75) is 6.54 Å². The van der Waals surface area contributed by atoms with E-state index in [9.17, 15) is 4.79 Å². The topological polar surface area (TPSA) is 84.6 Å². The van der Waals surface area contributed by atoms with E-state index in [1.807, 2.05) is 13.1 Å². The molecule has 82 valence electrons. The molecule has 5 heteroatoms. The second kappa shape index (κ2) is 5.21. The number of anilines is 1. The second-order valence-corrected chi connectivity index (χ2v) is 3.08. The molecule has 1 aromatic rings. The molecule has 0 amide bonds. The molecule has 0 aromatic heterocycles. The lowest BCUT2D eigenvalue weighted by Crippen LogP contribution is -2.11. The van der Waals surface area contributed by atoms with Crippen LogP contribution in [0, 0.1) is 0 Å². The average Bonchev–Trinajstić information content (AvgIpc) is 2.19. The van der Waals surface area contributed by atoms with Gasteiger partial charge in [0.15, 0.2) is 6.61 Å². The van der Waals surface area contributed by atoms with E-state index < -0.39 is 5.97 Å². The molecule has 0 spiro atoms. The van der Waals surface area contributed by atoms with Gasteiger partial charge in [-0.1, -0.05) is 6.07 Å². The molecule has 0 bridgehead atoms. The Labute approximate surface area is 87.9 Å². The Balaban J connectivity index is 2.75. The van der Waals surface area contributed by atoms with Crippen LogP contribution in [0.2, 0.25) is 0 Å². The highest BCUT2D eigenvalue weighted by molar-refractivity contribution is 5.69. The molecule has 0 heterocycles. The molecule has 0 aliphatic carbocycles. The Morgan fingerprint density at radius 1 is 1.60 bits per heavy atom. The Bertz CT molecular complexity index is 353. The summed E-state index contributed by atoms with van der Waals surface area (Å²) in [5, 5.41) is 11.4. The van der Waals surface area contributed by atoms with Crippen molar-refractivity contribution in [1.29, 1.82) is 0 Å². The number of aliphatic carboxylic acids is 1. The van der Waals surface area contributed by atoms with E-state index in [0.717, 1.165) is 5.56 Å². The van der Waals surface area contributed by atoms with Crippen molar-refractivity contribution in [1.82, 2.24) is 5.32 Å². The Morgan fingerprint density at radius 2 is 2.33 bits per heavy atom. The van der Waals surface area contributed by atoms with Gasteiger partial charge in [0.25, 0.3) is 0 Å². The molecule has 0 fully saturated rings. The maximum Gasteiger partial charge on any atom is 0.341 e. The summed E-state index contributed by atoms with van der Waals surface area (Å²) in [4.78, 5) is 10.3. The number of carboxylic acids is 1. The molecular formula is C10H14N2O3. The lowest BCUT2D eigenvalue weighted by molar-refractivity contribution is -0.139. The van der Waals surface area contributed by atoms with Crippen molar-refractivity contribution in [3.8, 4) is 5.75 Å². The van der Waals surface area contributed by atoms with E-state index >= 15 is 0 Å². The third-order valence-corrected chi connectivity index (χ3v) is 1.81. The number of rotatable bonds is 5. The monoisotopic (exact) mass is 210 g/mol. The van der Waals surface area contributed by atoms with Gasteiger partial charge in [-0.3, -0.25) is 0 Å². The van der Waals surface area contributed by atoms with Gasteiger partial charge in [-0.15, -0.1) is 0 Å². The maximum atomic E-state index is 10.3. The number of hydrogen-bond donors (Lipinski definition) is 3. The molecule has 0 radical (unpaired) electrons. The molecule has 0 saturated heterocycles. The summed E-state index contributed by atoms with van der Waals surface area (Å²) in [5.74, 6) is -0.612. The van der Waals surface area contributed by atoms with Crippen LogP contribution in [0.25, 0.3) is 0 Å². The summed E-state index contributed by atoms with van der Waals surface area (Å²) < 4.78 is 5.03. The lowest BCUT2D eigenvalue weighted by Gasteiger charge is -2.08. The Kier molecular flexibility index (Phi) is 3.93. The molecular weight excluding hydrogens is 196 g/mol. The standard InChI is InChI=1S/C10H14N2O3/c1-12-5-7-2-3-8(11)9(4-7)15-6-10(13)14/h2-4,12H,5-6,11H2,1H3,(H,13,14). The van der Waals surface area contributed by atoms with Crippen LogP contribution in [0.4, 0.5) is 5.69 Å². The summed E-state index contributed by atoms with van der Waals surface area (Å²) in [7, 11) is 1.83. The van der Waals surface area contributed by atoms with E-state index in [1.54, 1.807) is 12.1 Å². The van der Waals surface area contributed by atoms with Crippen LogP contribution < -0.4 is 15.8 Å². The van der Waals surface area contributed by atoms with Crippen LogP contribution in [0.3, 0.4) is 0 Å². The van der Waals surface area contributed by atoms with Gasteiger partial charge in [-0.2, -0.15) is 0 Å². The molecule has 0 aliphatic heterocycles. The van der Waals surface area contributed by atoms with Gasteiger partial charge in [-0.05, 0) is 24.7 Å². The second-order valence-electron chi connectivity index (χ2n) is 3.08. The highest BCUT2D eigenvalue weighted by Crippen LogP contribution is 2.22. The number of nitrogens with one attached hydrogen (secondary N) is 1. The van der Waals surface area contributed by atoms with Crippen molar-refractivity contribution in [3.63, 3.8) is 0 Å². The SMILES string of the molecule is CNCc1ccc(N)c(OCC(=O)O)c1. The molecule has 15 heavy (non-hydrogen) atoms. The number of carbonyl (C=O) groups is 1. The van der Waals surface area contributed by atoms with Gasteiger partial charge in [0.05, 0.1) is 5.69 Å². The smallest absolute Gasteiger partial charge is 0.341 e. The van der Waals surface area contributed by atoms with E-state index in [2.05, 4.69) is 5.32 Å². The molecule has 1 rings (SSSR count). The van der Waals surface area contributed by atoms with E-state index in [1.165, 1.54) is 0 Å². The summed E-state index contributed by atoms with van der Waals surface area (Å²) in [6.45, 7) is 0.302. The van der Waals surface area contributed by atoms with Crippen molar-refractivity contribution >= 4 is 11.7 Å². The molecule has 0 atom stereocenters. The summed E-state index contributed by atoms with van der Waals surface area (Å²) in [6.07, 6.45) is 0. The number of hydrogen-bond acceptors (Lipinski definition) is 4. The van der Waals surface area contributed by atoms with Gasteiger partial charge in [-0.25, -0.2) is 4.79 Å². The maximum absolute atomic E-state index is 10.3. The fourth-order valence-corrected chi connectivity index (χ4v) is 1.16. The molecule has 0 unspecified atom stereocenters. The van der Waals surface area contributed by atoms with Crippen molar-refractivity contribution in [3.05, 3.63) is 23.8 Å². The van der Waals surface area contributed by atoms with Gasteiger partial charge in [0.1, 0.15) is 5.75 Å².